The van der Waals surface area contributed by atoms with Crippen molar-refractivity contribution in [3.8, 4) is 0 Å². The summed E-state index contributed by atoms with van der Waals surface area (Å²) in [5.41, 5.74) is 5.30. The van der Waals surface area contributed by atoms with Gasteiger partial charge in [-0.25, -0.2) is 0 Å². The normalized spacial score (nSPS) is 11.7. The third kappa shape index (κ3) is 3.58. The van der Waals surface area contributed by atoms with E-state index in [9.17, 15) is 13.2 Å². The van der Waals surface area contributed by atoms with Crippen molar-refractivity contribution in [2.75, 3.05) is 11.4 Å². The highest BCUT2D eigenvalue weighted by molar-refractivity contribution is 5.52. The molecule has 1 heterocycles. The number of benzene rings is 1. The number of nitrogens with zero attached hydrogens (tertiary/aromatic N) is 1. The van der Waals surface area contributed by atoms with Crippen molar-refractivity contribution in [1.29, 1.82) is 0 Å². The first-order chi connectivity index (χ1) is 9.95. The van der Waals surface area contributed by atoms with Gasteiger partial charge in [-0.15, -0.1) is 0 Å². The number of hydrogen-bond acceptors (Lipinski definition) is 3. The minimum Gasteiger partial charge on any atom is -0.467 e. The van der Waals surface area contributed by atoms with Gasteiger partial charge >= 0.3 is 6.18 Å². The molecule has 0 aliphatic heterocycles. The summed E-state index contributed by atoms with van der Waals surface area (Å²) in [6.45, 7) is 2.73. The number of furan rings is 1. The van der Waals surface area contributed by atoms with Crippen molar-refractivity contribution in [2.24, 2.45) is 5.73 Å². The Balaban J connectivity index is 2.33. The van der Waals surface area contributed by atoms with E-state index in [0.29, 0.717) is 24.5 Å². The lowest BCUT2D eigenvalue weighted by Gasteiger charge is -2.24. The molecule has 0 fully saturated rings. The molecule has 2 rings (SSSR count). The number of anilines is 1. The van der Waals surface area contributed by atoms with Gasteiger partial charge in [-0.05, 0) is 36.8 Å². The maximum atomic E-state index is 13.1. The van der Waals surface area contributed by atoms with Crippen LogP contribution in [0.1, 0.15) is 23.8 Å². The Hall–Kier alpha value is -1.95. The zero-order chi connectivity index (χ0) is 15.5. The molecule has 3 nitrogen and oxygen atoms in total. The van der Waals surface area contributed by atoms with Crippen LogP contribution in [0.5, 0.6) is 0 Å². The molecule has 0 radical (unpaired) electrons. The molecule has 21 heavy (non-hydrogen) atoms. The molecule has 0 spiro atoms. The van der Waals surface area contributed by atoms with Gasteiger partial charge in [0.05, 0.1) is 18.4 Å². The summed E-state index contributed by atoms with van der Waals surface area (Å²) in [4.78, 5) is 1.81. The predicted octanol–water partition coefficient (Wildman–Crippen LogP) is 3.78. The van der Waals surface area contributed by atoms with Gasteiger partial charge < -0.3 is 15.1 Å². The molecule has 2 aromatic rings. The number of hydrogen-bond donors (Lipinski definition) is 1. The topological polar surface area (TPSA) is 42.4 Å². The quantitative estimate of drug-likeness (QED) is 0.913. The van der Waals surface area contributed by atoms with Gasteiger partial charge in [-0.3, -0.25) is 0 Å². The van der Waals surface area contributed by atoms with Gasteiger partial charge in [0.25, 0.3) is 0 Å². The minimum atomic E-state index is -4.41. The van der Waals surface area contributed by atoms with E-state index >= 15 is 0 Å². The van der Waals surface area contributed by atoms with Crippen LogP contribution in [-0.2, 0) is 19.3 Å². The van der Waals surface area contributed by atoms with Crippen molar-refractivity contribution < 1.29 is 17.6 Å². The summed E-state index contributed by atoms with van der Waals surface area (Å²) in [7, 11) is 0. The Morgan fingerprint density at radius 1 is 1.24 bits per heavy atom. The third-order valence-electron chi connectivity index (χ3n) is 3.29. The molecule has 114 valence electrons. The number of nitrogens with two attached hydrogens (primary N) is 1. The molecular formula is C15H17F3N2O. The van der Waals surface area contributed by atoms with Gasteiger partial charge in [0.2, 0.25) is 0 Å². The molecule has 0 atom stereocenters. The van der Waals surface area contributed by atoms with Crippen molar-refractivity contribution in [3.63, 3.8) is 0 Å². The average Bonchev–Trinajstić information content (AvgIpc) is 2.96. The van der Waals surface area contributed by atoms with E-state index in [1.807, 2.05) is 11.8 Å². The van der Waals surface area contributed by atoms with Crippen molar-refractivity contribution in [3.05, 3.63) is 53.5 Å². The largest absolute Gasteiger partial charge is 0.467 e. The highest BCUT2D eigenvalue weighted by Crippen LogP contribution is 2.34. The van der Waals surface area contributed by atoms with Crippen LogP contribution in [0.25, 0.3) is 0 Å². The van der Waals surface area contributed by atoms with E-state index in [2.05, 4.69) is 0 Å². The van der Waals surface area contributed by atoms with Crippen LogP contribution in [-0.4, -0.2) is 6.54 Å². The first kappa shape index (κ1) is 15.4. The summed E-state index contributed by atoms with van der Waals surface area (Å²) in [5.74, 6) is 0.702. The van der Waals surface area contributed by atoms with Crippen molar-refractivity contribution in [1.82, 2.24) is 0 Å². The molecule has 0 bridgehead atoms. The summed E-state index contributed by atoms with van der Waals surface area (Å²) < 4.78 is 44.4. The van der Waals surface area contributed by atoms with E-state index in [-0.39, 0.29) is 12.1 Å². The summed E-state index contributed by atoms with van der Waals surface area (Å²) >= 11 is 0. The Morgan fingerprint density at radius 2 is 2.00 bits per heavy atom. The third-order valence-corrected chi connectivity index (χ3v) is 3.29. The summed E-state index contributed by atoms with van der Waals surface area (Å²) in [5, 5.41) is 0. The van der Waals surface area contributed by atoms with Crippen LogP contribution >= 0.6 is 0 Å². The van der Waals surface area contributed by atoms with E-state index < -0.39 is 11.7 Å². The minimum absolute atomic E-state index is 0.0975. The zero-order valence-electron chi connectivity index (χ0n) is 11.7. The van der Waals surface area contributed by atoms with Crippen molar-refractivity contribution >= 4 is 5.69 Å². The Kier molecular flexibility index (Phi) is 4.57. The maximum absolute atomic E-state index is 13.1. The Morgan fingerprint density at radius 3 is 2.52 bits per heavy atom. The zero-order valence-corrected chi connectivity index (χ0v) is 11.7. The first-order valence-corrected chi connectivity index (χ1v) is 6.63. The number of alkyl halides is 3. The number of halogens is 3. The molecule has 0 unspecified atom stereocenters. The van der Waals surface area contributed by atoms with Gasteiger partial charge in [-0.1, -0.05) is 6.07 Å². The smallest absolute Gasteiger partial charge is 0.416 e. The van der Waals surface area contributed by atoms with Gasteiger partial charge in [0.1, 0.15) is 5.76 Å². The van der Waals surface area contributed by atoms with E-state index in [4.69, 9.17) is 10.2 Å². The van der Waals surface area contributed by atoms with Gasteiger partial charge in [0, 0.05) is 18.8 Å². The Bertz CT molecular complexity index is 579. The molecule has 0 amide bonds. The second-order valence-electron chi connectivity index (χ2n) is 4.64. The van der Waals surface area contributed by atoms with E-state index in [0.717, 1.165) is 6.07 Å². The second kappa shape index (κ2) is 6.22. The van der Waals surface area contributed by atoms with Gasteiger partial charge in [0.15, 0.2) is 0 Å². The highest BCUT2D eigenvalue weighted by Gasteiger charge is 2.33. The first-order valence-electron chi connectivity index (χ1n) is 6.63. The monoisotopic (exact) mass is 298 g/mol. The molecule has 0 aliphatic rings. The average molecular weight is 298 g/mol. The van der Waals surface area contributed by atoms with Crippen LogP contribution in [0.4, 0.5) is 18.9 Å². The molecule has 0 aliphatic carbocycles. The SMILES string of the molecule is CCN(Cc1ccco1)c1ccc(CN)c(C(F)(F)F)c1. The maximum Gasteiger partial charge on any atom is 0.416 e. The van der Waals surface area contributed by atoms with Crippen LogP contribution in [0.2, 0.25) is 0 Å². The highest BCUT2D eigenvalue weighted by atomic mass is 19.4. The van der Waals surface area contributed by atoms with Crippen LogP contribution in [0.3, 0.4) is 0 Å². The summed E-state index contributed by atoms with van der Waals surface area (Å²) in [6.07, 6.45) is -2.86. The predicted molar refractivity (Wildman–Crippen MR) is 74.8 cm³/mol. The standard InChI is InChI=1S/C15H17F3N2O/c1-2-20(10-13-4-3-7-21-13)12-6-5-11(9-19)14(8-12)15(16,17)18/h3-8H,2,9-10,19H2,1H3. The van der Waals surface area contributed by atoms with Crippen LogP contribution < -0.4 is 10.6 Å². The molecule has 0 saturated carbocycles. The lowest BCUT2D eigenvalue weighted by molar-refractivity contribution is -0.138. The molecular weight excluding hydrogens is 281 g/mol. The van der Waals surface area contributed by atoms with E-state index in [1.165, 1.54) is 6.07 Å². The summed E-state index contributed by atoms with van der Waals surface area (Å²) in [6, 6.07) is 7.78. The molecule has 2 N–H and O–H groups in total. The molecule has 1 aromatic carbocycles. The number of rotatable bonds is 5. The molecule has 1 aromatic heterocycles. The van der Waals surface area contributed by atoms with Crippen LogP contribution in [0.15, 0.2) is 41.0 Å². The second-order valence-corrected chi connectivity index (χ2v) is 4.64. The fourth-order valence-corrected chi connectivity index (χ4v) is 2.18. The van der Waals surface area contributed by atoms with Crippen molar-refractivity contribution in [2.45, 2.75) is 26.2 Å². The lowest BCUT2D eigenvalue weighted by Crippen LogP contribution is -2.23. The Labute approximate surface area is 121 Å². The fourth-order valence-electron chi connectivity index (χ4n) is 2.18. The fraction of sp³-hybridized carbons (Fsp3) is 0.333. The molecule has 0 saturated heterocycles. The van der Waals surface area contributed by atoms with E-state index in [1.54, 1.807) is 24.5 Å². The van der Waals surface area contributed by atoms with Crippen LogP contribution in [0, 0.1) is 0 Å². The lowest BCUT2D eigenvalue weighted by atomic mass is 10.1. The van der Waals surface area contributed by atoms with Gasteiger partial charge in [-0.2, -0.15) is 13.2 Å². The molecule has 6 heteroatoms.